The van der Waals surface area contributed by atoms with Gasteiger partial charge in [0, 0.05) is 23.0 Å². The Labute approximate surface area is 119 Å². The third-order valence-corrected chi connectivity index (χ3v) is 4.12. The maximum atomic E-state index is 12.3. The Morgan fingerprint density at radius 1 is 1.42 bits per heavy atom. The van der Waals surface area contributed by atoms with Gasteiger partial charge in [0.05, 0.1) is 6.10 Å². The van der Waals surface area contributed by atoms with Gasteiger partial charge in [0.2, 0.25) is 0 Å². The molecule has 1 amide bonds. The quantitative estimate of drug-likeness (QED) is 0.861. The molecule has 1 aliphatic heterocycles. The molecule has 1 fully saturated rings. The average Bonchev–Trinajstić information content (AvgIpc) is 2.74. The number of aliphatic hydroxyl groups excluding tert-OH is 1. The molecule has 1 saturated heterocycles. The second-order valence-corrected chi connectivity index (χ2v) is 5.52. The molecule has 5 nitrogen and oxygen atoms in total. The van der Waals surface area contributed by atoms with Crippen LogP contribution in [-0.4, -0.2) is 45.7 Å². The second-order valence-electron chi connectivity index (χ2n) is 4.67. The normalized spacial score (nSPS) is 22.6. The highest BCUT2D eigenvalue weighted by Crippen LogP contribution is 2.23. The predicted octanol–water partition coefficient (Wildman–Crippen LogP) is 1.42. The van der Waals surface area contributed by atoms with Gasteiger partial charge in [0.15, 0.2) is 0 Å². The van der Waals surface area contributed by atoms with Gasteiger partial charge >= 0.3 is 5.97 Å². The smallest absolute Gasteiger partial charge is 0.326 e. The highest BCUT2D eigenvalue weighted by Gasteiger charge is 2.39. The Kier molecular flexibility index (Phi) is 3.91. The third kappa shape index (κ3) is 2.79. The van der Waals surface area contributed by atoms with Crippen LogP contribution in [0.4, 0.5) is 0 Å². The molecular weight excluding hydrogens is 314 g/mol. The number of rotatable bonds is 2. The van der Waals surface area contributed by atoms with E-state index in [1.807, 2.05) is 6.92 Å². The molecule has 1 aliphatic rings. The number of hydrogen-bond donors (Lipinski definition) is 2. The van der Waals surface area contributed by atoms with Crippen molar-refractivity contribution in [3.63, 3.8) is 0 Å². The molecular formula is C13H14BrNO4. The number of amides is 1. The van der Waals surface area contributed by atoms with Crippen LogP contribution in [0.25, 0.3) is 0 Å². The van der Waals surface area contributed by atoms with E-state index < -0.39 is 18.1 Å². The number of carbonyl (C=O) groups is 2. The summed E-state index contributed by atoms with van der Waals surface area (Å²) in [7, 11) is 0. The zero-order chi connectivity index (χ0) is 14.2. The van der Waals surface area contributed by atoms with Crippen LogP contribution in [0.1, 0.15) is 22.3 Å². The van der Waals surface area contributed by atoms with Crippen molar-refractivity contribution in [3.05, 3.63) is 33.8 Å². The summed E-state index contributed by atoms with van der Waals surface area (Å²) in [6, 6.07) is 4.15. The molecule has 6 heteroatoms. The summed E-state index contributed by atoms with van der Waals surface area (Å²) in [6.07, 6.45) is -0.696. The molecule has 102 valence electrons. The van der Waals surface area contributed by atoms with Crippen LogP contribution in [0.3, 0.4) is 0 Å². The lowest BCUT2D eigenvalue weighted by Gasteiger charge is -2.21. The van der Waals surface area contributed by atoms with Gasteiger partial charge in [0.1, 0.15) is 6.04 Å². The van der Waals surface area contributed by atoms with Gasteiger partial charge in [-0.1, -0.05) is 15.9 Å². The molecule has 2 N–H and O–H groups in total. The van der Waals surface area contributed by atoms with Crippen molar-refractivity contribution in [3.8, 4) is 0 Å². The SMILES string of the molecule is Cc1cc(C(=O)N2C[C@@H](O)C[C@H]2C(=O)O)ccc1Br. The van der Waals surface area contributed by atoms with E-state index in [0.29, 0.717) is 5.56 Å². The minimum Gasteiger partial charge on any atom is -0.480 e. The van der Waals surface area contributed by atoms with Gasteiger partial charge in [-0.25, -0.2) is 4.79 Å². The molecule has 0 aliphatic carbocycles. The average molecular weight is 328 g/mol. The molecule has 19 heavy (non-hydrogen) atoms. The number of carboxylic acid groups (broad SMARTS) is 1. The monoisotopic (exact) mass is 327 g/mol. The lowest BCUT2D eigenvalue weighted by atomic mass is 10.1. The zero-order valence-electron chi connectivity index (χ0n) is 10.3. The van der Waals surface area contributed by atoms with Crippen molar-refractivity contribution >= 4 is 27.8 Å². The third-order valence-electron chi connectivity index (χ3n) is 3.23. The standard InChI is InChI=1S/C13H14BrNO4/c1-7-4-8(2-3-10(7)14)12(17)15-6-9(16)5-11(15)13(18)19/h2-4,9,11,16H,5-6H2,1H3,(H,18,19)/t9-,11-/m0/s1. The summed E-state index contributed by atoms with van der Waals surface area (Å²) >= 11 is 3.35. The number of hydrogen-bond acceptors (Lipinski definition) is 3. The van der Waals surface area contributed by atoms with Gasteiger partial charge < -0.3 is 15.1 Å². The van der Waals surface area contributed by atoms with Crippen molar-refractivity contribution in [1.82, 2.24) is 4.90 Å². The summed E-state index contributed by atoms with van der Waals surface area (Å²) in [5.74, 6) is -1.45. The Bertz CT molecular complexity index is 531. The van der Waals surface area contributed by atoms with E-state index in [1.54, 1.807) is 18.2 Å². The van der Waals surface area contributed by atoms with Crippen LogP contribution in [0.5, 0.6) is 0 Å². The Hall–Kier alpha value is -1.40. The minimum absolute atomic E-state index is 0.0604. The first kappa shape index (κ1) is 14.0. The van der Waals surface area contributed by atoms with E-state index in [4.69, 9.17) is 5.11 Å². The van der Waals surface area contributed by atoms with Gasteiger partial charge in [-0.05, 0) is 30.7 Å². The van der Waals surface area contributed by atoms with Crippen LogP contribution in [0.15, 0.2) is 22.7 Å². The molecule has 0 spiro atoms. The number of aliphatic hydroxyl groups is 1. The largest absolute Gasteiger partial charge is 0.480 e. The van der Waals surface area contributed by atoms with Gasteiger partial charge in [-0.15, -0.1) is 0 Å². The Morgan fingerprint density at radius 2 is 2.11 bits per heavy atom. The molecule has 0 unspecified atom stereocenters. The molecule has 0 saturated carbocycles. The number of aliphatic carboxylic acids is 1. The highest BCUT2D eigenvalue weighted by molar-refractivity contribution is 9.10. The van der Waals surface area contributed by atoms with E-state index in [0.717, 1.165) is 10.0 Å². The lowest BCUT2D eigenvalue weighted by Crippen LogP contribution is -2.40. The first-order valence-electron chi connectivity index (χ1n) is 5.88. The van der Waals surface area contributed by atoms with Crippen molar-refractivity contribution in [1.29, 1.82) is 0 Å². The van der Waals surface area contributed by atoms with Gasteiger partial charge in [0.25, 0.3) is 5.91 Å². The number of β-amino-alcohol motifs (C(OH)–C–C–N with tert-alkyl or cyclic N) is 1. The highest BCUT2D eigenvalue weighted by atomic mass is 79.9. The molecule has 0 bridgehead atoms. The van der Waals surface area contributed by atoms with E-state index in [9.17, 15) is 14.7 Å². The van der Waals surface area contributed by atoms with Crippen LogP contribution in [0, 0.1) is 6.92 Å². The summed E-state index contributed by atoms with van der Waals surface area (Å²) in [5.41, 5.74) is 1.33. The van der Waals surface area contributed by atoms with Crippen molar-refractivity contribution in [2.24, 2.45) is 0 Å². The molecule has 1 aromatic carbocycles. The fraction of sp³-hybridized carbons (Fsp3) is 0.385. The van der Waals surface area contributed by atoms with Crippen LogP contribution >= 0.6 is 15.9 Å². The predicted molar refractivity (Wildman–Crippen MR) is 72.0 cm³/mol. The molecule has 0 aromatic heterocycles. The number of benzene rings is 1. The summed E-state index contributed by atoms with van der Waals surface area (Å²) in [5, 5.41) is 18.6. The molecule has 0 radical (unpaired) electrons. The summed E-state index contributed by atoms with van der Waals surface area (Å²) in [4.78, 5) is 24.6. The lowest BCUT2D eigenvalue weighted by molar-refractivity contribution is -0.141. The van der Waals surface area contributed by atoms with Crippen molar-refractivity contribution in [2.75, 3.05) is 6.54 Å². The number of aryl methyl sites for hydroxylation is 1. The number of carboxylic acids is 1. The molecule has 2 atom stereocenters. The maximum Gasteiger partial charge on any atom is 0.326 e. The van der Waals surface area contributed by atoms with E-state index in [-0.39, 0.29) is 18.9 Å². The fourth-order valence-corrected chi connectivity index (χ4v) is 2.46. The zero-order valence-corrected chi connectivity index (χ0v) is 11.9. The fourth-order valence-electron chi connectivity index (χ4n) is 2.22. The summed E-state index contributed by atoms with van der Waals surface area (Å²) < 4.78 is 0.889. The number of carbonyl (C=O) groups excluding carboxylic acids is 1. The number of likely N-dealkylation sites (tertiary alicyclic amines) is 1. The first-order chi connectivity index (χ1) is 8.90. The Morgan fingerprint density at radius 3 is 2.68 bits per heavy atom. The van der Waals surface area contributed by atoms with Crippen molar-refractivity contribution < 1.29 is 19.8 Å². The topological polar surface area (TPSA) is 77.8 Å². The van der Waals surface area contributed by atoms with E-state index in [1.165, 1.54) is 4.90 Å². The minimum atomic E-state index is -1.08. The van der Waals surface area contributed by atoms with E-state index >= 15 is 0 Å². The second kappa shape index (κ2) is 5.30. The maximum absolute atomic E-state index is 12.3. The van der Waals surface area contributed by atoms with Gasteiger partial charge in [-0.3, -0.25) is 4.79 Å². The number of nitrogens with zero attached hydrogens (tertiary/aromatic N) is 1. The molecule has 1 aromatic rings. The van der Waals surface area contributed by atoms with Gasteiger partial charge in [-0.2, -0.15) is 0 Å². The Balaban J connectivity index is 2.27. The van der Waals surface area contributed by atoms with Crippen LogP contribution < -0.4 is 0 Å². The summed E-state index contributed by atoms with van der Waals surface area (Å²) in [6.45, 7) is 1.92. The van der Waals surface area contributed by atoms with E-state index in [2.05, 4.69) is 15.9 Å². The van der Waals surface area contributed by atoms with Crippen molar-refractivity contribution in [2.45, 2.75) is 25.5 Å². The van der Waals surface area contributed by atoms with Crippen LogP contribution in [-0.2, 0) is 4.79 Å². The van der Waals surface area contributed by atoms with Crippen LogP contribution in [0.2, 0.25) is 0 Å². The first-order valence-corrected chi connectivity index (χ1v) is 6.67. The number of halogens is 1. The molecule has 2 rings (SSSR count). The molecule has 1 heterocycles.